The predicted octanol–water partition coefficient (Wildman–Crippen LogP) is 16.0. The number of rotatable bonds is 5. The fraction of sp³-hybridized carbons (Fsp3) is 0.0484. The van der Waals surface area contributed by atoms with Crippen LogP contribution in [0.3, 0.4) is 0 Å². The SMILES string of the molecule is CC1(C)c2ccccc2-c2cc3c4cc(-c5ccc6c(c5)-c5nc7ccccc7c7cccc(c57)N6c5cc(-c6ccccc6)nc(-c6ccccc6)n5)ccc4n(-c4ccccc4)c3cc21. The Morgan fingerprint density at radius 1 is 0.403 bits per heavy atom. The van der Waals surface area contributed by atoms with Gasteiger partial charge in [0.2, 0.25) is 0 Å². The van der Waals surface area contributed by atoms with Crippen molar-refractivity contribution < 1.29 is 0 Å². The smallest absolute Gasteiger partial charge is 0.162 e. The van der Waals surface area contributed by atoms with Gasteiger partial charge < -0.3 is 4.57 Å². The summed E-state index contributed by atoms with van der Waals surface area (Å²) in [6.45, 7) is 4.72. The molecule has 9 aromatic carbocycles. The van der Waals surface area contributed by atoms with Crippen LogP contribution >= 0.6 is 0 Å². The molecule has 0 spiro atoms. The van der Waals surface area contributed by atoms with Gasteiger partial charge in [-0.25, -0.2) is 15.0 Å². The van der Waals surface area contributed by atoms with Crippen LogP contribution in [0.15, 0.2) is 212 Å². The van der Waals surface area contributed by atoms with Crippen LogP contribution in [0.5, 0.6) is 0 Å². The first-order valence-electron chi connectivity index (χ1n) is 23.0. The zero-order valence-electron chi connectivity index (χ0n) is 36.9. The largest absolute Gasteiger partial charge is 0.309 e. The van der Waals surface area contributed by atoms with Crippen LogP contribution in [0.4, 0.5) is 17.2 Å². The van der Waals surface area contributed by atoms with Gasteiger partial charge in [-0.3, -0.25) is 4.90 Å². The second kappa shape index (κ2) is 14.2. The highest BCUT2D eigenvalue weighted by atomic mass is 15.2. The molecule has 0 saturated carbocycles. The molecule has 0 N–H and O–H groups in total. The first kappa shape index (κ1) is 37.7. The number of hydrogen-bond donors (Lipinski definition) is 0. The standard InChI is InChI=1S/C62H41N5/c1-62(2)50-26-14-12-23-43(50)46-35-48-47-33-40(29-31-54(47)66(57(48)36-51(46)62)42-21-10-5-11-22-42)41-30-32-55-49(34-41)60-59-45(44-24-13-15-27-52(44)63-60)25-16-28-56(59)67(55)58-37-53(38-17-6-3-7-18-38)64-61(65-58)39-19-8-4-9-20-39/h3-37H,1-2H3. The molecule has 67 heavy (non-hydrogen) atoms. The van der Waals surface area contributed by atoms with Crippen LogP contribution < -0.4 is 4.90 Å². The van der Waals surface area contributed by atoms with Crippen molar-refractivity contribution in [3.05, 3.63) is 223 Å². The summed E-state index contributed by atoms with van der Waals surface area (Å²) in [5.41, 5.74) is 19.0. The van der Waals surface area contributed by atoms with Crippen LogP contribution in [-0.2, 0) is 5.41 Å². The number of hydrogen-bond acceptors (Lipinski definition) is 4. The number of para-hydroxylation sites is 2. The minimum Gasteiger partial charge on any atom is -0.309 e. The molecule has 0 radical (unpaired) electrons. The van der Waals surface area contributed by atoms with Crippen molar-refractivity contribution in [1.82, 2.24) is 19.5 Å². The average Bonchev–Trinajstić information content (AvgIpc) is 3.83. The van der Waals surface area contributed by atoms with Crippen molar-refractivity contribution >= 4 is 60.7 Å². The van der Waals surface area contributed by atoms with Crippen LogP contribution in [0, 0.1) is 0 Å². The Hall–Kier alpha value is -8.67. The Bertz CT molecular complexity index is 3950. The molecule has 0 atom stereocenters. The molecule has 0 unspecified atom stereocenters. The van der Waals surface area contributed by atoms with Crippen molar-refractivity contribution in [2.45, 2.75) is 19.3 Å². The zero-order chi connectivity index (χ0) is 44.4. The summed E-state index contributed by atoms with van der Waals surface area (Å²) < 4.78 is 2.44. The van der Waals surface area contributed by atoms with E-state index in [4.69, 9.17) is 15.0 Å². The van der Waals surface area contributed by atoms with Crippen molar-refractivity contribution in [2.75, 3.05) is 4.90 Å². The van der Waals surface area contributed by atoms with E-state index in [0.29, 0.717) is 5.82 Å². The molecule has 0 fully saturated rings. The second-order valence-electron chi connectivity index (χ2n) is 18.4. The Morgan fingerprint density at radius 2 is 1.09 bits per heavy atom. The summed E-state index contributed by atoms with van der Waals surface area (Å²) in [4.78, 5) is 18.4. The monoisotopic (exact) mass is 855 g/mol. The lowest BCUT2D eigenvalue weighted by Crippen LogP contribution is -2.17. The van der Waals surface area contributed by atoms with Gasteiger partial charge in [0.1, 0.15) is 5.82 Å². The van der Waals surface area contributed by atoms with Gasteiger partial charge in [0.05, 0.1) is 39.3 Å². The lowest BCUT2D eigenvalue weighted by atomic mass is 9.82. The van der Waals surface area contributed by atoms with Crippen LogP contribution in [-0.4, -0.2) is 19.5 Å². The number of fused-ring (bicyclic) bond motifs is 10. The minimum atomic E-state index is -0.112. The Kier molecular flexibility index (Phi) is 7.97. The van der Waals surface area contributed by atoms with Crippen molar-refractivity contribution in [2.24, 2.45) is 0 Å². The number of anilines is 3. The van der Waals surface area contributed by atoms with Gasteiger partial charge in [-0.05, 0) is 99.4 Å². The van der Waals surface area contributed by atoms with Gasteiger partial charge in [0.15, 0.2) is 5.82 Å². The maximum absolute atomic E-state index is 5.50. The highest BCUT2D eigenvalue weighted by molar-refractivity contribution is 6.20. The number of nitrogens with zero attached hydrogens (tertiary/aromatic N) is 5. The molecule has 314 valence electrons. The maximum Gasteiger partial charge on any atom is 0.162 e. The molecule has 0 bridgehead atoms. The summed E-state index contributed by atoms with van der Waals surface area (Å²) >= 11 is 0. The van der Waals surface area contributed by atoms with Gasteiger partial charge in [-0.2, -0.15) is 0 Å². The van der Waals surface area contributed by atoms with Gasteiger partial charge in [0, 0.05) is 55.4 Å². The lowest BCUT2D eigenvalue weighted by Gasteiger charge is -2.33. The van der Waals surface area contributed by atoms with Gasteiger partial charge in [-0.1, -0.05) is 159 Å². The molecular weight excluding hydrogens is 815 g/mol. The van der Waals surface area contributed by atoms with E-state index in [-0.39, 0.29) is 5.41 Å². The van der Waals surface area contributed by atoms with Crippen LogP contribution in [0.25, 0.3) is 105 Å². The van der Waals surface area contributed by atoms with Crippen molar-refractivity contribution in [3.63, 3.8) is 0 Å². The minimum absolute atomic E-state index is 0.112. The fourth-order valence-corrected chi connectivity index (χ4v) is 11.1. The third kappa shape index (κ3) is 5.58. The average molecular weight is 856 g/mol. The third-order valence-electron chi connectivity index (χ3n) is 14.3. The Balaban J connectivity index is 1.01. The molecule has 2 aliphatic rings. The summed E-state index contributed by atoms with van der Waals surface area (Å²) in [5, 5.41) is 5.85. The normalized spacial score (nSPS) is 13.3. The molecule has 0 saturated heterocycles. The first-order valence-corrected chi connectivity index (χ1v) is 23.0. The highest BCUT2D eigenvalue weighted by Gasteiger charge is 2.36. The van der Waals surface area contributed by atoms with E-state index < -0.39 is 0 Å². The summed E-state index contributed by atoms with van der Waals surface area (Å²) in [6, 6.07) is 76.4. The molecule has 5 nitrogen and oxygen atoms in total. The predicted molar refractivity (Wildman–Crippen MR) is 277 cm³/mol. The molecule has 3 aromatic heterocycles. The third-order valence-corrected chi connectivity index (χ3v) is 14.3. The van der Waals surface area contributed by atoms with E-state index >= 15 is 0 Å². The van der Waals surface area contributed by atoms with Gasteiger partial charge >= 0.3 is 0 Å². The Morgan fingerprint density at radius 3 is 1.93 bits per heavy atom. The van der Waals surface area contributed by atoms with Gasteiger partial charge in [0.25, 0.3) is 0 Å². The quantitative estimate of drug-likeness (QED) is 0.162. The van der Waals surface area contributed by atoms with Crippen LogP contribution in [0.2, 0.25) is 0 Å². The van der Waals surface area contributed by atoms with E-state index in [0.717, 1.165) is 83.8 Å². The van der Waals surface area contributed by atoms with E-state index in [1.807, 2.05) is 24.3 Å². The molecule has 4 heterocycles. The van der Waals surface area contributed by atoms with E-state index in [1.165, 1.54) is 44.1 Å². The van der Waals surface area contributed by atoms with Gasteiger partial charge in [-0.15, -0.1) is 0 Å². The second-order valence-corrected chi connectivity index (χ2v) is 18.4. The lowest BCUT2D eigenvalue weighted by molar-refractivity contribution is 0.661. The topological polar surface area (TPSA) is 46.8 Å². The zero-order valence-corrected chi connectivity index (χ0v) is 36.9. The summed E-state index contributed by atoms with van der Waals surface area (Å²) in [6.07, 6.45) is 0. The molecule has 1 aliphatic carbocycles. The number of aromatic nitrogens is 4. The molecule has 1 aliphatic heterocycles. The van der Waals surface area contributed by atoms with Crippen LogP contribution in [0.1, 0.15) is 25.0 Å². The van der Waals surface area contributed by atoms with Crippen molar-refractivity contribution in [1.29, 1.82) is 0 Å². The molecule has 5 heteroatoms. The number of pyridine rings is 1. The summed E-state index contributed by atoms with van der Waals surface area (Å²) in [7, 11) is 0. The molecular formula is C62H41N5. The fourth-order valence-electron chi connectivity index (χ4n) is 11.1. The molecule has 14 rings (SSSR count). The summed E-state index contributed by atoms with van der Waals surface area (Å²) in [5.74, 6) is 1.46. The van der Waals surface area contributed by atoms with E-state index in [9.17, 15) is 0 Å². The maximum atomic E-state index is 5.50. The van der Waals surface area contributed by atoms with Crippen molar-refractivity contribution in [3.8, 4) is 61.8 Å². The van der Waals surface area contributed by atoms with E-state index in [2.05, 4.69) is 211 Å². The molecule has 12 aromatic rings. The number of benzene rings is 9. The Labute approximate surface area is 387 Å². The van der Waals surface area contributed by atoms with E-state index in [1.54, 1.807) is 0 Å². The molecule has 0 amide bonds. The highest BCUT2D eigenvalue weighted by Crippen LogP contribution is 2.54. The first-order chi connectivity index (χ1) is 33.0.